The van der Waals surface area contributed by atoms with Crippen molar-refractivity contribution in [2.75, 3.05) is 19.0 Å². The van der Waals surface area contributed by atoms with E-state index in [1.54, 1.807) is 19.2 Å². The third kappa shape index (κ3) is 3.83. The topological polar surface area (TPSA) is 67.4 Å². The minimum atomic E-state index is -0.213. The fraction of sp³-hybridized carbons (Fsp3) is 0.143. The Morgan fingerprint density at radius 1 is 0.962 bits per heavy atom. The Bertz CT molecular complexity index is 966. The summed E-state index contributed by atoms with van der Waals surface area (Å²) < 4.78 is 5.60. The van der Waals surface area contributed by atoms with E-state index in [0.29, 0.717) is 11.3 Å². The van der Waals surface area contributed by atoms with Gasteiger partial charge in [-0.1, -0.05) is 36.4 Å². The van der Waals surface area contributed by atoms with Crippen LogP contribution in [-0.4, -0.2) is 25.5 Å². The van der Waals surface area contributed by atoms with Crippen LogP contribution in [-0.2, 0) is 4.79 Å². The summed E-state index contributed by atoms with van der Waals surface area (Å²) in [7, 11) is 1.56. The molecule has 0 aliphatic carbocycles. The van der Waals surface area contributed by atoms with Crippen LogP contribution in [0.2, 0.25) is 0 Å². The SMILES string of the molecule is CNC(=O)COc1ccc(C(=O)Nc2cccc(C)c2)c2ccccc12. The average Bonchev–Trinajstić information content (AvgIpc) is 2.65. The van der Waals surface area contributed by atoms with Crippen molar-refractivity contribution in [1.82, 2.24) is 5.32 Å². The zero-order valence-corrected chi connectivity index (χ0v) is 14.7. The molecule has 0 aromatic heterocycles. The number of amides is 2. The number of carbonyl (C=O) groups excluding carboxylic acids is 2. The highest BCUT2D eigenvalue weighted by molar-refractivity contribution is 6.14. The average molecular weight is 348 g/mol. The van der Waals surface area contributed by atoms with Gasteiger partial charge in [0.1, 0.15) is 5.75 Å². The number of anilines is 1. The third-order valence-electron chi connectivity index (χ3n) is 4.04. The Labute approximate surface area is 152 Å². The molecule has 0 saturated heterocycles. The van der Waals surface area contributed by atoms with Crippen molar-refractivity contribution in [3.8, 4) is 5.75 Å². The van der Waals surface area contributed by atoms with E-state index in [9.17, 15) is 9.59 Å². The van der Waals surface area contributed by atoms with Gasteiger partial charge in [0.25, 0.3) is 11.8 Å². The molecule has 0 heterocycles. The van der Waals surface area contributed by atoms with Gasteiger partial charge in [0.15, 0.2) is 6.61 Å². The summed E-state index contributed by atoms with van der Waals surface area (Å²) >= 11 is 0. The fourth-order valence-corrected chi connectivity index (χ4v) is 2.73. The van der Waals surface area contributed by atoms with Gasteiger partial charge in [0.2, 0.25) is 0 Å². The highest BCUT2D eigenvalue weighted by Gasteiger charge is 2.14. The molecule has 3 aromatic rings. The second kappa shape index (κ2) is 7.70. The summed E-state index contributed by atoms with van der Waals surface area (Å²) in [6.45, 7) is 1.90. The molecular formula is C21H20N2O3. The van der Waals surface area contributed by atoms with Crippen molar-refractivity contribution in [3.63, 3.8) is 0 Å². The molecule has 0 spiro atoms. The van der Waals surface area contributed by atoms with Gasteiger partial charge < -0.3 is 15.4 Å². The van der Waals surface area contributed by atoms with Crippen molar-refractivity contribution < 1.29 is 14.3 Å². The molecular weight excluding hydrogens is 328 g/mol. The van der Waals surface area contributed by atoms with Gasteiger partial charge in [0, 0.05) is 23.7 Å². The first kappa shape index (κ1) is 17.5. The summed E-state index contributed by atoms with van der Waals surface area (Å²) in [4.78, 5) is 24.2. The van der Waals surface area contributed by atoms with Crippen molar-refractivity contribution in [3.05, 3.63) is 71.8 Å². The lowest BCUT2D eigenvalue weighted by Gasteiger charge is -2.12. The molecule has 5 heteroatoms. The number of fused-ring (bicyclic) bond motifs is 1. The Balaban J connectivity index is 1.92. The monoisotopic (exact) mass is 348 g/mol. The van der Waals surface area contributed by atoms with Crippen LogP contribution >= 0.6 is 0 Å². The molecule has 5 nitrogen and oxygen atoms in total. The summed E-state index contributed by atoms with van der Waals surface area (Å²) in [6, 6.07) is 18.6. The minimum absolute atomic E-state index is 0.0741. The number of aryl methyl sites for hydroxylation is 1. The Hall–Kier alpha value is -3.34. The van der Waals surface area contributed by atoms with Gasteiger partial charge in [-0.25, -0.2) is 0 Å². The maximum atomic E-state index is 12.7. The van der Waals surface area contributed by atoms with Crippen LogP contribution in [0.5, 0.6) is 5.75 Å². The second-order valence-electron chi connectivity index (χ2n) is 5.94. The van der Waals surface area contributed by atoms with Gasteiger partial charge in [-0.05, 0) is 42.1 Å². The van der Waals surface area contributed by atoms with Gasteiger partial charge >= 0.3 is 0 Å². The van der Waals surface area contributed by atoms with Gasteiger partial charge in [0.05, 0.1) is 0 Å². The molecule has 0 unspecified atom stereocenters. The van der Waals surface area contributed by atoms with E-state index in [2.05, 4.69) is 10.6 Å². The maximum Gasteiger partial charge on any atom is 0.257 e. The molecule has 26 heavy (non-hydrogen) atoms. The first-order chi connectivity index (χ1) is 12.6. The first-order valence-electron chi connectivity index (χ1n) is 8.31. The highest BCUT2D eigenvalue weighted by atomic mass is 16.5. The lowest BCUT2D eigenvalue weighted by molar-refractivity contribution is -0.122. The normalized spacial score (nSPS) is 10.4. The Kier molecular flexibility index (Phi) is 5.17. The number of ether oxygens (including phenoxy) is 1. The zero-order valence-electron chi connectivity index (χ0n) is 14.7. The molecule has 3 aromatic carbocycles. The van der Waals surface area contributed by atoms with E-state index in [-0.39, 0.29) is 18.4 Å². The Morgan fingerprint density at radius 2 is 1.73 bits per heavy atom. The van der Waals surface area contributed by atoms with Crippen molar-refractivity contribution in [1.29, 1.82) is 0 Å². The van der Waals surface area contributed by atoms with Gasteiger partial charge in [-0.3, -0.25) is 9.59 Å². The summed E-state index contributed by atoms with van der Waals surface area (Å²) in [5, 5.41) is 7.00. The van der Waals surface area contributed by atoms with E-state index < -0.39 is 0 Å². The summed E-state index contributed by atoms with van der Waals surface area (Å²) in [5.41, 5.74) is 2.37. The zero-order chi connectivity index (χ0) is 18.5. The number of rotatable bonds is 5. The smallest absolute Gasteiger partial charge is 0.257 e. The molecule has 2 N–H and O–H groups in total. The molecule has 132 valence electrons. The van der Waals surface area contributed by atoms with Gasteiger partial charge in [-0.15, -0.1) is 0 Å². The fourth-order valence-electron chi connectivity index (χ4n) is 2.73. The standard InChI is InChI=1S/C21H20N2O3/c1-14-6-5-7-15(12-14)23-21(25)18-10-11-19(26-13-20(24)22-2)17-9-4-3-8-16(17)18/h3-12H,13H2,1-2H3,(H,22,24)(H,23,25). The largest absolute Gasteiger partial charge is 0.483 e. The van der Waals surface area contributed by atoms with E-state index in [4.69, 9.17) is 4.74 Å². The molecule has 0 aliphatic rings. The first-order valence-corrected chi connectivity index (χ1v) is 8.31. The van der Waals surface area contributed by atoms with Crippen LogP contribution in [0.25, 0.3) is 10.8 Å². The summed E-state index contributed by atoms with van der Waals surface area (Å²) in [5.74, 6) is 0.163. The molecule has 0 fully saturated rings. The van der Waals surface area contributed by atoms with Crippen LogP contribution in [0.4, 0.5) is 5.69 Å². The minimum Gasteiger partial charge on any atom is -0.483 e. The number of benzene rings is 3. The molecule has 0 aliphatic heterocycles. The predicted molar refractivity (Wildman–Crippen MR) is 103 cm³/mol. The number of hydrogen-bond acceptors (Lipinski definition) is 3. The molecule has 0 radical (unpaired) electrons. The Morgan fingerprint density at radius 3 is 2.46 bits per heavy atom. The third-order valence-corrected chi connectivity index (χ3v) is 4.04. The lowest BCUT2D eigenvalue weighted by atomic mass is 10.0. The number of carbonyl (C=O) groups is 2. The lowest BCUT2D eigenvalue weighted by Crippen LogP contribution is -2.24. The van der Waals surface area contributed by atoms with Crippen molar-refractivity contribution in [2.45, 2.75) is 6.92 Å². The molecule has 3 rings (SSSR count). The summed E-state index contributed by atoms with van der Waals surface area (Å²) in [6.07, 6.45) is 0. The van der Waals surface area contributed by atoms with Crippen LogP contribution in [0, 0.1) is 6.92 Å². The van der Waals surface area contributed by atoms with Crippen molar-refractivity contribution >= 4 is 28.3 Å². The van der Waals surface area contributed by atoms with Crippen LogP contribution in [0.3, 0.4) is 0 Å². The van der Waals surface area contributed by atoms with E-state index in [1.807, 2.05) is 55.5 Å². The number of hydrogen-bond donors (Lipinski definition) is 2. The second-order valence-corrected chi connectivity index (χ2v) is 5.94. The number of likely N-dealkylation sites (N-methyl/N-ethyl adjacent to an activating group) is 1. The van der Waals surface area contributed by atoms with Crippen molar-refractivity contribution in [2.24, 2.45) is 0 Å². The van der Waals surface area contributed by atoms with Gasteiger partial charge in [-0.2, -0.15) is 0 Å². The molecule has 0 bridgehead atoms. The van der Waals surface area contributed by atoms with E-state index in [0.717, 1.165) is 22.0 Å². The highest BCUT2D eigenvalue weighted by Crippen LogP contribution is 2.29. The van der Waals surface area contributed by atoms with E-state index >= 15 is 0 Å². The van der Waals surface area contributed by atoms with Crippen LogP contribution in [0.1, 0.15) is 15.9 Å². The number of nitrogens with one attached hydrogen (secondary N) is 2. The molecule has 0 saturated carbocycles. The van der Waals surface area contributed by atoms with E-state index in [1.165, 1.54) is 0 Å². The van der Waals surface area contributed by atoms with Crippen LogP contribution in [0.15, 0.2) is 60.7 Å². The molecule has 2 amide bonds. The van der Waals surface area contributed by atoms with Crippen LogP contribution < -0.4 is 15.4 Å². The molecule has 0 atom stereocenters. The predicted octanol–water partition coefficient (Wildman–Crippen LogP) is 3.53. The quantitative estimate of drug-likeness (QED) is 0.741. The maximum absolute atomic E-state index is 12.7.